The molecule has 1 heterocycles. The predicted octanol–water partition coefficient (Wildman–Crippen LogP) is 2.94. The molecule has 1 aliphatic rings. The largest absolute Gasteiger partial charge is 0.483 e. The number of rotatable bonds is 5. The second-order valence-electron chi connectivity index (χ2n) is 6.38. The Hall–Kier alpha value is -2.19. The van der Waals surface area contributed by atoms with Gasteiger partial charge in [-0.05, 0) is 49.1 Å². The van der Waals surface area contributed by atoms with E-state index in [1.807, 2.05) is 24.6 Å². The number of carbonyl (C=O) groups is 2. The number of aryl methyl sites for hydroxylation is 2. The molecule has 1 aliphatic carbocycles. The SMILES string of the molecule is Cc1ccc(S(=O)(=O)NC(=O)COc2ccc(C)c3c2C(=O)CC3C)s1. The van der Waals surface area contributed by atoms with E-state index >= 15 is 0 Å². The molecule has 0 aliphatic heterocycles. The van der Waals surface area contributed by atoms with E-state index in [9.17, 15) is 18.0 Å². The van der Waals surface area contributed by atoms with Crippen LogP contribution in [-0.4, -0.2) is 26.7 Å². The molecule has 0 bridgehead atoms. The third-order valence-corrected chi connectivity index (χ3v) is 7.14. The molecular weight excluding hydrogens is 374 g/mol. The summed E-state index contributed by atoms with van der Waals surface area (Å²) in [4.78, 5) is 25.1. The molecule has 0 radical (unpaired) electrons. The Balaban J connectivity index is 1.72. The minimum absolute atomic E-state index is 0.0201. The topological polar surface area (TPSA) is 89.5 Å². The Kier molecular flexibility index (Phi) is 4.90. The third kappa shape index (κ3) is 3.52. The van der Waals surface area contributed by atoms with Crippen molar-refractivity contribution < 1.29 is 22.7 Å². The molecule has 138 valence electrons. The lowest BCUT2D eigenvalue weighted by molar-refractivity contribution is -0.121. The lowest BCUT2D eigenvalue weighted by Gasteiger charge is -2.13. The van der Waals surface area contributed by atoms with Gasteiger partial charge in [-0.3, -0.25) is 9.59 Å². The first-order valence-electron chi connectivity index (χ1n) is 8.10. The van der Waals surface area contributed by atoms with Crippen LogP contribution in [0.5, 0.6) is 5.75 Å². The molecule has 1 N–H and O–H groups in total. The summed E-state index contributed by atoms with van der Waals surface area (Å²) >= 11 is 1.08. The van der Waals surface area contributed by atoms with Crippen molar-refractivity contribution in [1.29, 1.82) is 0 Å². The second-order valence-corrected chi connectivity index (χ2v) is 9.58. The minimum atomic E-state index is -3.91. The van der Waals surface area contributed by atoms with Gasteiger partial charge in [-0.1, -0.05) is 13.0 Å². The number of nitrogens with one attached hydrogen (secondary N) is 1. The highest BCUT2D eigenvalue weighted by molar-refractivity contribution is 7.92. The Morgan fingerprint density at radius 2 is 2.00 bits per heavy atom. The lowest BCUT2D eigenvalue weighted by atomic mass is 9.97. The van der Waals surface area contributed by atoms with Gasteiger partial charge in [0.2, 0.25) is 0 Å². The number of ether oxygens (including phenoxy) is 1. The predicted molar refractivity (Wildman–Crippen MR) is 98.4 cm³/mol. The van der Waals surface area contributed by atoms with E-state index in [4.69, 9.17) is 4.74 Å². The Morgan fingerprint density at radius 1 is 1.27 bits per heavy atom. The maximum absolute atomic E-state index is 12.2. The van der Waals surface area contributed by atoms with E-state index in [1.54, 1.807) is 19.1 Å². The highest BCUT2D eigenvalue weighted by Crippen LogP contribution is 2.40. The van der Waals surface area contributed by atoms with Gasteiger partial charge >= 0.3 is 0 Å². The maximum atomic E-state index is 12.2. The van der Waals surface area contributed by atoms with Crippen LogP contribution in [0.3, 0.4) is 0 Å². The first-order chi connectivity index (χ1) is 12.2. The molecule has 0 fully saturated rings. The zero-order chi connectivity index (χ0) is 19.1. The van der Waals surface area contributed by atoms with Crippen LogP contribution in [0.2, 0.25) is 0 Å². The molecule has 1 unspecified atom stereocenters. The number of benzene rings is 1. The quantitative estimate of drug-likeness (QED) is 0.844. The van der Waals surface area contributed by atoms with Crippen molar-refractivity contribution in [3.05, 3.63) is 45.8 Å². The molecule has 0 saturated heterocycles. The van der Waals surface area contributed by atoms with Crippen molar-refractivity contribution in [3.8, 4) is 5.75 Å². The van der Waals surface area contributed by atoms with E-state index in [0.29, 0.717) is 17.7 Å². The number of thiophene rings is 1. The lowest BCUT2D eigenvalue weighted by Crippen LogP contribution is -2.34. The number of carbonyl (C=O) groups excluding carboxylic acids is 2. The van der Waals surface area contributed by atoms with Crippen LogP contribution >= 0.6 is 11.3 Å². The summed E-state index contributed by atoms with van der Waals surface area (Å²) in [5.74, 6) is -0.381. The molecular formula is C18H19NO5S2. The molecule has 3 rings (SSSR count). The van der Waals surface area contributed by atoms with Gasteiger partial charge in [-0.15, -0.1) is 11.3 Å². The molecule has 26 heavy (non-hydrogen) atoms. The monoisotopic (exact) mass is 393 g/mol. The van der Waals surface area contributed by atoms with Gasteiger partial charge in [0.05, 0.1) is 5.56 Å². The fourth-order valence-electron chi connectivity index (χ4n) is 3.16. The Bertz CT molecular complexity index is 991. The van der Waals surface area contributed by atoms with Crippen LogP contribution in [0.1, 0.15) is 45.6 Å². The fraction of sp³-hybridized carbons (Fsp3) is 0.333. The zero-order valence-electron chi connectivity index (χ0n) is 14.7. The molecule has 0 spiro atoms. The van der Waals surface area contributed by atoms with Crippen molar-refractivity contribution in [1.82, 2.24) is 4.72 Å². The number of amides is 1. The molecule has 8 heteroatoms. The van der Waals surface area contributed by atoms with Crippen molar-refractivity contribution in [2.75, 3.05) is 6.61 Å². The summed E-state index contributed by atoms with van der Waals surface area (Å²) < 4.78 is 31.9. The Morgan fingerprint density at radius 3 is 2.65 bits per heavy atom. The van der Waals surface area contributed by atoms with Gasteiger partial charge in [0.1, 0.15) is 9.96 Å². The van der Waals surface area contributed by atoms with E-state index in [-0.39, 0.29) is 15.9 Å². The molecule has 1 aromatic heterocycles. The smallest absolute Gasteiger partial charge is 0.273 e. The summed E-state index contributed by atoms with van der Waals surface area (Å²) in [5, 5.41) is 0. The van der Waals surface area contributed by atoms with E-state index in [0.717, 1.165) is 27.3 Å². The highest BCUT2D eigenvalue weighted by Gasteiger charge is 2.31. The van der Waals surface area contributed by atoms with Gasteiger partial charge < -0.3 is 4.74 Å². The average molecular weight is 393 g/mol. The van der Waals surface area contributed by atoms with Crippen LogP contribution in [0.15, 0.2) is 28.5 Å². The Labute approximate surface area is 156 Å². The average Bonchev–Trinajstić information content (AvgIpc) is 3.11. The zero-order valence-corrected chi connectivity index (χ0v) is 16.3. The molecule has 1 aromatic carbocycles. The molecule has 6 nitrogen and oxygen atoms in total. The van der Waals surface area contributed by atoms with Gasteiger partial charge in [0, 0.05) is 11.3 Å². The summed E-state index contributed by atoms with van der Waals surface area (Å²) in [7, 11) is -3.91. The molecule has 0 saturated carbocycles. The number of hydrogen-bond donors (Lipinski definition) is 1. The number of ketones is 1. The van der Waals surface area contributed by atoms with E-state index in [1.165, 1.54) is 6.07 Å². The number of sulfonamides is 1. The fourth-order valence-corrected chi connectivity index (χ4v) is 5.41. The standard InChI is InChI=1S/C18H19NO5S2/c1-10-4-6-14(18-13(20)8-11(2)17(10)18)24-9-15(21)19-26(22,23)16-7-5-12(3)25-16/h4-7,11H,8-9H2,1-3H3,(H,19,21). The summed E-state index contributed by atoms with van der Waals surface area (Å²) in [5.41, 5.74) is 2.45. The molecule has 1 amide bonds. The number of Topliss-reactive ketones (excluding diaryl/α,β-unsaturated/α-hetero) is 1. The first-order valence-corrected chi connectivity index (χ1v) is 10.4. The van der Waals surface area contributed by atoms with Crippen molar-refractivity contribution in [2.45, 2.75) is 37.3 Å². The summed E-state index contributed by atoms with van der Waals surface area (Å²) in [6.45, 7) is 5.20. The summed E-state index contributed by atoms with van der Waals surface area (Å²) in [6, 6.07) is 6.60. The van der Waals surface area contributed by atoms with Crippen molar-refractivity contribution in [2.24, 2.45) is 0 Å². The normalized spacial score (nSPS) is 16.4. The van der Waals surface area contributed by atoms with Crippen LogP contribution < -0.4 is 9.46 Å². The van der Waals surface area contributed by atoms with Crippen molar-refractivity contribution in [3.63, 3.8) is 0 Å². The number of fused-ring (bicyclic) bond motifs is 1. The van der Waals surface area contributed by atoms with Gasteiger partial charge in [-0.25, -0.2) is 13.1 Å². The maximum Gasteiger partial charge on any atom is 0.273 e. The first kappa shape index (κ1) is 18.6. The van der Waals surface area contributed by atoms with Crippen molar-refractivity contribution >= 4 is 33.1 Å². The highest BCUT2D eigenvalue weighted by atomic mass is 32.2. The molecule has 1 atom stereocenters. The van der Waals surface area contributed by atoms with Crippen LogP contribution in [0.25, 0.3) is 0 Å². The second kappa shape index (κ2) is 6.85. The third-order valence-electron chi connectivity index (χ3n) is 4.28. The summed E-state index contributed by atoms with van der Waals surface area (Å²) in [6.07, 6.45) is 0.412. The molecule has 2 aromatic rings. The minimum Gasteiger partial charge on any atom is -0.483 e. The van der Waals surface area contributed by atoms with Gasteiger partial charge in [-0.2, -0.15) is 0 Å². The van der Waals surface area contributed by atoms with Gasteiger partial charge in [0.25, 0.3) is 15.9 Å². The van der Waals surface area contributed by atoms with Crippen LogP contribution in [0, 0.1) is 13.8 Å². The van der Waals surface area contributed by atoms with Crippen LogP contribution in [0.4, 0.5) is 0 Å². The van der Waals surface area contributed by atoms with E-state index in [2.05, 4.69) is 0 Å². The van der Waals surface area contributed by atoms with Gasteiger partial charge in [0.15, 0.2) is 12.4 Å². The van der Waals surface area contributed by atoms with E-state index < -0.39 is 22.5 Å². The number of hydrogen-bond acceptors (Lipinski definition) is 6. The van der Waals surface area contributed by atoms with Crippen LogP contribution in [-0.2, 0) is 14.8 Å².